The molecule has 1 amide bonds. The third kappa shape index (κ3) is 4.26. The monoisotopic (exact) mass is 383 g/mol. The molecule has 0 unspecified atom stereocenters. The number of likely N-dealkylation sites (tertiary alicyclic amines) is 2. The fourth-order valence-electron chi connectivity index (χ4n) is 3.14. The summed E-state index contributed by atoms with van der Waals surface area (Å²) in [4.78, 5) is 38.2. The Balaban J connectivity index is 2.29. The van der Waals surface area contributed by atoms with E-state index in [9.17, 15) is 27.6 Å². The van der Waals surface area contributed by atoms with Crippen LogP contribution < -0.4 is 5.73 Å². The summed E-state index contributed by atoms with van der Waals surface area (Å²) in [6.07, 6.45) is -4.90. The molecule has 0 radical (unpaired) electrons. The number of hydrogen-bond acceptors (Lipinski definition) is 7. The van der Waals surface area contributed by atoms with Gasteiger partial charge >= 0.3 is 12.1 Å². The number of nitrogens with zero attached hydrogens (tertiary/aromatic N) is 2. The number of ether oxygens (including phenoxy) is 1. The van der Waals surface area contributed by atoms with Gasteiger partial charge in [0.1, 0.15) is 0 Å². The lowest BCUT2D eigenvalue weighted by Crippen LogP contribution is -2.59. The quantitative estimate of drug-likeness (QED) is 0.702. The van der Waals surface area contributed by atoms with E-state index < -0.39 is 29.0 Å². The van der Waals surface area contributed by atoms with Gasteiger partial charge in [-0.3, -0.25) is 14.5 Å². The Bertz CT molecular complexity index is 574. The highest BCUT2D eigenvalue weighted by molar-refractivity contribution is 8.14. The summed E-state index contributed by atoms with van der Waals surface area (Å²) >= 11 is 0.915. The minimum Gasteiger partial charge on any atom is -0.427 e. The first-order chi connectivity index (χ1) is 11.5. The van der Waals surface area contributed by atoms with Gasteiger partial charge in [0.05, 0.1) is 0 Å². The number of amides is 1. The van der Waals surface area contributed by atoms with E-state index in [-0.39, 0.29) is 37.2 Å². The number of alkyl halides is 3. The van der Waals surface area contributed by atoms with Gasteiger partial charge in [0.15, 0.2) is 5.12 Å². The van der Waals surface area contributed by atoms with Crippen molar-refractivity contribution in [1.82, 2.24) is 9.80 Å². The molecule has 11 heteroatoms. The van der Waals surface area contributed by atoms with Crippen LogP contribution in [0.3, 0.4) is 0 Å². The number of esters is 1. The maximum absolute atomic E-state index is 12.9. The number of hydrogen-bond donors (Lipinski definition) is 1. The van der Waals surface area contributed by atoms with Gasteiger partial charge in [-0.1, -0.05) is 11.8 Å². The smallest absolute Gasteiger partial charge is 0.427 e. The standard InChI is InChI=1S/C14H20F3N3O4S/c1-8(21)25-10-5-13(19(2)7-10,24-12(23)14(15,16)17)11(22)20-4-3-9(18)6-20/h9-10H,3-7,18H2,1-2H3/t9-,10-,13-/m0/s1. The molecule has 2 aliphatic heterocycles. The molecule has 0 aromatic rings. The van der Waals surface area contributed by atoms with Crippen LogP contribution >= 0.6 is 11.8 Å². The second kappa shape index (κ2) is 7.12. The number of rotatable bonds is 3. The fraction of sp³-hybridized carbons (Fsp3) is 0.786. The van der Waals surface area contributed by atoms with Gasteiger partial charge in [-0.2, -0.15) is 13.2 Å². The lowest BCUT2D eigenvalue weighted by molar-refractivity contribution is -0.227. The van der Waals surface area contributed by atoms with Crippen LogP contribution in [0.5, 0.6) is 0 Å². The van der Waals surface area contributed by atoms with Crippen LogP contribution in [0.1, 0.15) is 19.8 Å². The average molecular weight is 383 g/mol. The predicted octanol–water partition coefficient (Wildman–Crippen LogP) is 0.332. The van der Waals surface area contributed by atoms with Crippen LogP contribution in [0.15, 0.2) is 0 Å². The molecule has 0 aliphatic carbocycles. The molecule has 0 aromatic heterocycles. The van der Waals surface area contributed by atoms with Gasteiger partial charge < -0.3 is 15.4 Å². The number of carbonyl (C=O) groups is 3. The number of thioether (sulfide) groups is 1. The zero-order chi connectivity index (χ0) is 19.0. The summed E-state index contributed by atoms with van der Waals surface area (Å²) in [6.45, 7) is 1.93. The first-order valence-electron chi connectivity index (χ1n) is 7.69. The third-order valence-corrected chi connectivity index (χ3v) is 5.25. The van der Waals surface area contributed by atoms with Crippen molar-refractivity contribution >= 4 is 28.8 Å². The molecule has 142 valence electrons. The summed E-state index contributed by atoms with van der Waals surface area (Å²) in [5.74, 6) is -3.16. The van der Waals surface area contributed by atoms with Crippen LogP contribution in [0.4, 0.5) is 13.2 Å². The van der Waals surface area contributed by atoms with E-state index in [1.807, 2.05) is 0 Å². The lowest BCUT2D eigenvalue weighted by Gasteiger charge is -2.36. The Morgan fingerprint density at radius 1 is 1.28 bits per heavy atom. The molecule has 2 fully saturated rings. The third-order valence-electron chi connectivity index (χ3n) is 4.27. The maximum Gasteiger partial charge on any atom is 0.491 e. The van der Waals surface area contributed by atoms with E-state index in [4.69, 9.17) is 10.5 Å². The van der Waals surface area contributed by atoms with Crippen LogP contribution in [0, 0.1) is 0 Å². The molecule has 2 N–H and O–H groups in total. The zero-order valence-corrected chi connectivity index (χ0v) is 14.7. The van der Waals surface area contributed by atoms with Crippen molar-refractivity contribution in [3.8, 4) is 0 Å². The molecule has 0 aromatic carbocycles. The van der Waals surface area contributed by atoms with Gasteiger partial charge in [0.25, 0.3) is 5.91 Å². The van der Waals surface area contributed by atoms with Crippen LogP contribution in [0.2, 0.25) is 0 Å². The van der Waals surface area contributed by atoms with E-state index in [2.05, 4.69) is 0 Å². The van der Waals surface area contributed by atoms with Crippen molar-refractivity contribution in [3.05, 3.63) is 0 Å². The van der Waals surface area contributed by atoms with Crippen LogP contribution in [-0.2, 0) is 19.1 Å². The number of likely N-dealkylation sites (N-methyl/N-ethyl adjacent to an activating group) is 1. The maximum atomic E-state index is 12.9. The summed E-state index contributed by atoms with van der Waals surface area (Å²) in [5, 5.41) is -0.684. The Kier molecular flexibility index (Phi) is 5.69. The van der Waals surface area contributed by atoms with Crippen LogP contribution in [0.25, 0.3) is 0 Å². The van der Waals surface area contributed by atoms with Gasteiger partial charge in [-0.05, 0) is 13.5 Å². The summed E-state index contributed by atoms with van der Waals surface area (Å²) in [6, 6.07) is -0.270. The first-order valence-corrected chi connectivity index (χ1v) is 8.57. The highest BCUT2D eigenvalue weighted by Gasteiger charge is 2.58. The van der Waals surface area contributed by atoms with Gasteiger partial charge in [-0.15, -0.1) is 0 Å². The number of nitrogens with two attached hydrogens (primary N) is 1. The number of halogens is 3. The summed E-state index contributed by atoms with van der Waals surface area (Å²) in [7, 11) is 1.40. The van der Waals surface area contributed by atoms with Crippen molar-refractivity contribution in [2.75, 3.05) is 26.7 Å². The minimum absolute atomic E-state index is 0.140. The summed E-state index contributed by atoms with van der Waals surface area (Å²) in [5.41, 5.74) is 3.68. The van der Waals surface area contributed by atoms with Gasteiger partial charge in [0, 0.05) is 44.3 Å². The van der Waals surface area contributed by atoms with Crippen LogP contribution in [-0.4, -0.2) is 76.7 Å². The molecule has 25 heavy (non-hydrogen) atoms. The molecule has 2 rings (SSSR count). The SMILES string of the molecule is CC(=O)S[C@@H]1CN(C)[C@@](OC(=O)C(F)(F)F)(C(=O)N2CC[C@H](N)C2)C1. The van der Waals surface area contributed by atoms with E-state index in [1.54, 1.807) is 0 Å². The van der Waals surface area contributed by atoms with Gasteiger partial charge in [0.2, 0.25) is 5.72 Å². The molecule has 0 spiro atoms. The Morgan fingerprint density at radius 3 is 2.40 bits per heavy atom. The lowest BCUT2D eigenvalue weighted by atomic mass is 10.1. The molecule has 2 heterocycles. The Labute approximate surface area is 147 Å². The first kappa shape index (κ1) is 20.0. The Morgan fingerprint density at radius 2 is 1.92 bits per heavy atom. The van der Waals surface area contributed by atoms with E-state index in [0.717, 1.165) is 11.8 Å². The number of carbonyl (C=O) groups excluding carboxylic acids is 3. The van der Waals surface area contributed by atoms with Crippen molar-refractivity contribution in [2.24, 2.45) is 5.73 Å². The fourth-order valence-corrected chi connectivity index (χ4v) is 4.22. The van der Waals surface area contributed by atoms with E-state index in [1.165, 1.54) is 23.8 Å². The summed E-state index contributed by atoms with van der Waals surface area (Å²) < 4.78 is 42.8. The largest absolute Gasteiger partial charge is 0.491 e. The zero-order valence-electron chi connectivity index (χ0n) is 13.8. The second-order valence-corrected chi connectivity index (χ2v) is 7.76. The molecule has 0 saturated carbocycles. The van der Waals surface area contributed by atoms with Gasteiger partial charge in [-0.25, -0.2) is 4.79 Å². The second-order valence-electron chi connectivity index (χ2n) is 6.29. The molecule has 7 nitrogen and oxygen atoms in total. The minimum atomic E-state index is -5.22. The predicted molar refractivity (Wildman–Crippen MR) is 83.4 cm³/mol. The van der Waals surface area contributed by atoms with Crippen molar-refractivity contribution in [1.29, 1.82) is 0 Å². The molecular weight excluding hydrogens is 363 g/mol. The highest BCUT2D eigenvalue weighted by Crippen LogP contribution is 2.39. The average Bonchev–Trinajstić information content (AvgIpc) is 3.01. The topological polar surface area (TPSA) is 92.9 Å². The van der Waals surface area contributed by atoms with Crippen molar-refractivity contribution in [3.63, 3.8) is 0 Å². The Hall–Kier alpha value is -1.33. The van der Waals surface area contributed by atoms with E-state index in [0.29, 0.717) is 6.42 Å². The molecule has 2 aliphatic rings. The molecule has 0 bridgehead atoms. The molecule has 3 atom stereocenters. The molecule has 2 saturated heterocycles. The molecular formula is C14H20F3N3O4S. The van der Waals surface area contributed by atoms with Crippen molar-refractivity contribution < 1.29 is 32.3 Å². The highest BCUT2D eigenvalue weighted by atomic mass is 32.2. The normalized spacial score (nSPS) is 30.6. The van der Waals surface area contributed by atoms with Crippen molar-refractivity contribution in [2.45, 2.75) is 43.0 Å². The van der Waals surface area contributed by atoms with E-state index >= 15 is 0 Å².